The first kappa shape index (κ1) is 20.5. The molecule has 0 spiro atoms. The number of amides is 1. The number of hydrogen-bond acceptors (Lipinski definition) is 4. The molecule has 0 saturated carbocycles. The Kier molecular flexibility index (Phi) is 7.43. The van der Waals surface area contributed by atoms with Gasteiger partial charge >= 0.3 is 0 Å². The maximum Gasteiger partial charge on any atom is 0.279 e. The van der Waals surface area contributed by atoms with E-state index in [2.05, 4.69) is 16.2 Å². The number of ether oxygens (including phenoxy) is 2. The Hall–Kier alpha value is -2.80. The minimum atomic E-state index is -0.695. The summed E-state index contributed by atoms with van der Waals surface area (Å²) in [6, 6.07) is 13.0. The Morgan fingerprint density at radius 2 is 1.74 bits per heavy atom. The van der Waals surface area contributed by atoms with Gasteiger partial charge in [-0.25, -0.2) is 0 Å². The molecule has 7 heteroatoms. The lowest BCUT2D eigenvalue weighted by Crippen LogP contribution is -2.48. The number of carbonyl (C=O) groups is 1. The highest BCUT2D eigenvalue weighted by atomic mass is 32.1. The van der Waals surface area contributed by atoms with E-state index in [1.54, 1.807) is 31.2 Å². The van der Waals surface area contributed by atoms with E-state index in [4.69, 9.17) is 21.7 Å². The number of hydrogen-bond donors (Lipinski definition) is 3. The van der Waals surface area contributed by atoms with Gasteiger partial charge in [-0.1, -0.05) is 12.1 Å². The molecule has 144 valence electrons. The third-order valence-electron chi connectivity index (χ3n) is 3.97. The van der Waals surface area contributed by atoms with E-state index in [0.29, 0.717) is 17.5 Å². The Balaban J connectivity index is 1.81. The van der Waals surface area contributed by atoms with E-state index in [9.17, 15) is 4.79 Å². The Morgan fingerprint density at radius 1 is 1.07 bits per heavy atom. The van der Waals surface area contributed by atoms with Crippen molar-refractivity contribution in [3.8, 4) is 11.5 Å². The highest BCUT2D eigenvalue weighted by Gasteiger charge is 2.15. The van der Waals surface area contributed by atoms with Gasteiger partial charge in [0.25, 0.3) is 5.91 Å². The lowest BCUT2D eigenvalue weighted by molar-refractivity contribution is -0.127. The van der Waals surface area contributed by atoms with E-state index >= 15 is 0 Å². The molecular formula is C20H25N3O3S. The molecule has 27 heavy (non-hydrogen) atoms. The summed E-state index contributed by atoms with van der Waals surface area (Å²) in [4.78, 5) is 12.2. The molecule has 1 atom stereocenters. The number of benzene rings is 2. The van der Waals surface area contributed by atoms with Gasteiger partial charge in [0.2, 0.25) is 0 Å². The predicted octanol–water partition coefficient (Wildman–Crippen LogP) is 3.49. The smallest absolute Gasteiger partial charge is 0.279 e. The van der Waals surface area contributed by atoms with Crippen molar-refractivity contribution in [3.63, 3.8) is 0 Å². The number of thiocarbonyl (C=S) groups is 1. The first-order chi connectivity index (χ1) is 12.9. The van der Waals surface area contributed by atoms with Gasteiger partial charge < -0.3 is 14.8 Å². The van der Waals surface area contributed by atoms with Gasteiger partial charge in [0.15, 0.2) is 11.2 Å². The van der Waals surface area contributed by atoms with Crippen LogP contribution in [0.4, 0.5) is 5.69 Å². The van der Waals surface area contributed by atoms with Gasteiger partial charge in [0.1, 0.15) is 11.5 Å². The molecule has 0 aliphatic rings. The Morgan fingerprint density at radius 3 is 2.41 bits per heavy atom. The lowest BCUT2D eigenvalue weighted by Gasteiger charge is -2.17. The van der Waals surface area contributed by atoms with Crippen LogP contribution in [0.3, 0.4) is 0 Å². The van der Waals surface area contributed by atoms with Crippen molar-refractivity contribution < 1.29 is 14.3 Å². The van der Waals surface area contributed by atoms with Gasteiger partial charge in [-0.2, -0.15) is 0 Å². The van der Waals surface area contributed by atoms with E-state index in [1.807, 2.05) is 39.0 Å². The van der Waals surface area contributed by atoms with Crippen molar-refractivity contribution in [2.75, 3.05) is 11.9 Å². The number of anilines is 1. The van der Waals surface area contributed by atoms with Crippen LogP contribution in [0.25, 0.3) is 0 Å². The molecule has 0 aromatic heterocycles. The fourth-order valence-electron chi connectivity index (χ4n) is 2.30. The molecule has 0 unspecified atom stereocenters. The van der Waals surface area contributed by atoms with E-state index in [1.165, 1.54) is 0 Å². The number of hydrazine groups is 1. The van der Waals surface area contributed by atoms with Crippen LogP contribution in [0.5, 0.6) is 11.5 Å². The van der Waals surface area contributed by atoms with E-state index < -0.39 is 6.10 Å². The highest BCUT2D eigenvalue weighted by Crippen LogP contribution is 2.19. The van der Waals surface area contributed by atoms with Crippen LogP contribution in [0.2, 0.25) is 0 Å². The summed E-state index contributed by atoms with van der Waals surface area (Å²) >= 11 is 5.22. The molecule has 0 aliphatic heterocycles. The van der Waals surface area contributed by atoms with Crippen LogP contribution in [-0.2, 0) is 4.79 Å². The molecular weight excluding hydrogens is 362 g/mol. The zero-order valence-corrected chi connectivity index (χ0v) is 16.8. The number of nitrogens with one attached hydrogen (secondary N) is 3. The molecule has 2 aromatic carbocycles. The molecule has 0 aliphatic carbocycles. The summed E-state index contributed by atoms with van der Waals surface area (Å²) in [5, 5.41) is 3.36. The van der Waals surface area contributed by atoms with Crippen LogP contribution in [0.1, 0.15) is 25.0 Å². The Bertz CT molecular complexity index is 794. The minimum absolute atomic E-state index is 0.297. The predicted molar refractivity (Wildman–Crippen MR) is 111 cm³/mol. The molecule has 2 aromatic rings. The largest absolute Gasteiger partial charge is 0.494 e. The molecule has 0 fully saturated rings. The van der Waals surface area contributed by atoms with Crippen LogP contribution in [0, 0.1) is 13.8 Å². The quantitative estimate of drug-likeness (QED) is 0.521. The number of carbonyl (C=O) groups excluding carboxylic acids is 1. The van der Waals surface area contributed by atoms with Crippen LogP contribution in [0.15, 0.2) is 42.5 Å². The summed E-state index contributed by atoms with van der Waals surface area (Å²) in [6.45, 7) is 8.21. The molecule has 6 nitrogen and oxygen atoms in total. The van der Waals surface area contributed by atoms with Crippen LogP contribution < -0.4 is 25.6 Å². The third-order valence-corrected chi connectivity index (χ3v) is 4.17. The topological polar surface area (TPSA) is 71.6 Å². The second-order valence-electron chi connectivity index (χ2n) is 5.98. The van der Waals surface area contributed by atoms with E-state index in [-0.39, 0.29) is 5.91 Å². The van der Waals surface area contributed by atoms with Crippen LogP contribution in [-0.4, -0.2) is 23.7 Å². The standard InChI is InChI=1S/C20H25N3O3S/c1-5-25-16-9-11-17(12-10-16)26-15(4)19(24)22-23-20(27)21-18-8-6-7-13(2)14(18)3/h6-12,15H,5H2,1-4H3,(H,22,24)(H2,21,23,27)/t15-/m0/s1. The van der Waals surface area contributed by atoms with Crippen LogP contribution >= 0.6 is 12.2 Å². The monoisotopic (exact) mass is 387 g/mol. The zero-order valence-electron chi connectivity index (χ0n) is 16.0. The average Bonchev–Trinajstić information content (AvgIpc) is 2.65. The SMILES string of the molecule is CCOc1ccc(O[C@@H](C)C(=O)NNC(=S)Nc2cccc(C)c2C)cc1. The average molecular weight is 388 g/mol. The molecule has 0 radical (unpaired) electrons. The minimum Gasteiger partial charge on any atom is -0.494 e. The zero-order chi connectivity index (χ0) is 19.8. The summed E-state index contributed by atoms with van der Waals surface area (Å²) < 4.78 is 11.0. The molecule has 2 rings (SSSR count). The second kappa shape index (κ2) is 9.78. The maximum atomic E-state index is 12.2. The maximum absolute atomic E-state index is 12.2. The van der Waals surface area contributed by atoms with Crippen molar-refractivity contribution in [1.29, 1.82) is 0 Å². The van der Waals surface area contributed by atoms with Crippen molar-refractivity contribution in [2.24, 2.45) is 0 Å². The van der Waals surface area contributed by atoms with Crippen molar-refractivity contribution >= 4 is 28.9 Å². The van der Waals surface area contributed by atoms with Crippen molar-refractivity contribution in [2.45, 2.75) is 33.8 Å². The number of aryl methyl sites for hydroxylation is 1. The van der Waals surface area contributed by atoms with Gasteiger partial charge in [-0.15, -0.1) is 0 Å². The Labute approximate surface area is 165 Å². The molecule has 0 heterocycles. The summed E-state index contributed by atoms with van der Waals surface area (Å²) in [5.74, 6) is 0.998. The molecule has 3 N–H and O–H groups in total. The summed E-state index contributed by atoms with van der Waals surface area (Å²) in [6.07, 6.45) is -0.695. The number of rotatable bonds is 6. The fraction of sp³-hybridized carbons (Fsp3) is 0.300. The summed E-state index contributed by atoms with van der Waals surface area (Å²) in [7, 11) is 0. The first-order valence-corrected chi connectivity index (χ1v) is 9.14. The summed E-state index contributed by atoms with van der Waals surface area (Å²) in [5.41, 5.74) is 8.38. The highest BCUT2D eigenvalue weighted by molar-refractivity contribution is 7.80. The third kappa shape index (κ3) is 6.14. The van der Waals surface area contributed by atoms with E-state index in [0.717, 1.165) is 22.6 Å². The second-order valence-corrected chi connectivity index (χ2v) is 6.39. The van der Waals surface area contributed by atoms with Gasteiger partial charge in [0, 0.05) is 5.69 Å². The normalized spacial score (nSPS) is 11.3. The molecule has 1 amide bonds. The van der Waals surface area contributed by atoms with Crippen molar-refractivity contribution in [1.82, 2.24) is 10.9 Å². The molecule has 0 saturated heterocycles. The van der Waals surface area contributed by atoms with Gasteiger partial charge in [-0.05, 0) is 81.4 Å². The van der Waals surface area contributed by atoms with Gasteiger partial charge in [-0.3, -0.25) is 15.6 Å². The first-order valence-electron chi connectivity index (χ1n) is 8.73. The fourth-order valence-corrected chi connectivity index (χ4v) is 2.46. The van der Waals surface area contributed by atoms with Gasteiger partial charge in [0.05, 0.1) is 6.61 Å². The molecule has 0 bridgehead atoms. The van der Waals surface area contributed by atoms with Crippen molar-refractivity contribution in [3.05, 3.63) is 53.6 Å². The lowest BCUT2D eigenvalue weighted by atomic mass is 10.1.